The number of ether oxygens (including phenoxy) is 1. The highest BCUT2D eigenvalue weighted by atomic mass is 16.5. The molecule has 1 atom stereocenters. The summed E-state index contributed by atoms with van der Waals surface area (Å²) in [6.45, 7) is 4.79. The van der Waals surface area contributed by atoms with E-state index in [0.717, 1.165) is 18.7 Å². The first-order valence-electron chi connectivity index (χ1n) is 7.02. The largest absolute Gasteiger partial charge is 0.478 e. The minimum Gasteiger partial charge on any atom is -0.478 e. The molecule has 1 aliphatic heterocycles. The summed E-state index contributed by atoms with van der Waals surface area (Å²) in [6, 6.07) is 0. The van der Waals surface area contributed by atoms with Gasteiger partial charge in [0.2, 0.25) is 0 Å². The maximum absolute atomic E-state index is 9.15. The second-order valence-corrected chi connectivity index (χ2v) is 5.32. The fourth-order valence-electron chi connectivity index (χ4n) is 2.05. The van der Waals surface area contributed by atoms with Crippen LogP contribution in [0.4, 0.5) is 0 Å². The van der Waals surface area contributed by atoms with Gasteiger partial charge in [-0.25, -0.2) is 4.99 Å². The number of aliphatic hydroxyl groups excluding tert-OH is 1. The van der Waals surface area contributed by atoms with Crippen LogP contribution in [0.2, 0.25) is 0 Å². The smallest absolute Gasteiger partial charge is 0.184 e. The number of nitrogens with zero attached hydrogens (tertiary/aromatic N) is 1. The van der Waals surface area contributed by atoms with Gasteiger partial charge in [0.05, 0.1) is 6.61 Å². The number of rotatable bonds is 9. The monoisotopic (exact) mass is 241 g/mol. The van der Waals surface area contributed by atoms with E-state index in [4.69, 9.17) is 9.84 Å². The van der Waals surface area contributed by atoms with Gasteiger partial charge >= 0.3 is 0 Å². The van der Waals surface area contributed by atoms with Crippen molar-refractivity contribution in [1.82, 2.24) is 0 Å². The van der Waals surface area contributed by atoms with E-state index in [1.807, 2.05) is 6.92 Å². The normalized spacial score (nSPS) is 23.6. The first kappa shape index (κ1) is 14.5. The molecule has 1 N–H and O–H groups in total. The highest BCUT2D eigenvalue weighted by molar-refractivity contribution is 5.78. The van der Waals surface area contributed by atoms with Crippen LogP contribution in [0.15, 0.2) is 4.99 Å². The molecule has 0 saturated carbocycles. The van der Waals surface area contributed by atoms with Crippen molar-refractivity contribution in [1.29, 1.82) is 0 Å². The van der Waals surface area contributed by atoms with Crippen molar-refractivity contribution in [2.75, 3.05) is 13.2 Å². The third-order valence-electron chi connectivity index (χ3n) is 3.28. The van der Waals surface area contributed by atoms with E-state index in [2.05, 4.69) is 11.9 Å². The predicted molar refractivity (Wildman–Crippen MR) is 71.5 cm³/mol. The van der Waals surface area contributed by atoms with Crippen LogP contribution in [0.1, 0.15) is 65.2 Å². The summed E-state index contributed by atoms with van der Waals surface area (Å²) in [5.74, 6) is 0.843. The Kier molecular flexibility index (Phi) is 6.56. The van der Waals surface area contributed by atoms with Crippen molar-refractivity contribution in [3.63, 3.8) is 0 Å². The summed E-state index contributed by atoms with van der Waals surface area (Å²) in [5.41, 5.74) is -0.379. The lowest BCUT2D eigenvalue weighted by Crippen LogP contribution is -2.28. The molecule has 0 fully saturated rings. The molecule has 1 rings (SSSR count). The lowest BCUT2D eigenvalue weighted by atomic mass is 10.1. The Bertz CT molecular complexity index is 240. The predicted octanol–water partition coefficient (Wildman–Crippen LogP) is 3.31. The minimum atomic E-state index is -0.379. The van der Waals surface area contributed by atoms with Crippen LogP contribution in [-0.2, 0) is 4.74 Å². The van der Waals surface area contributed by atoms with Gasteiger partial charge in [-0.2, -0.15) is 0 Å². The van der Waals surface area contributed by atoms with Crippen molar-refractivity contribution in [3.8, 4) is 0 Å². The molecule has 3 heteroatoms. The molecule has 0 amide bonds. The molecule has 1 aliphatic rings. The van der Waals surface area contributed by atoms with E-state index >= 15 is 0 Å². The third kappa shape index (κ3) is 5.53. The summed E-state index contributed by atoms with van der Waals surface area (Å²) in [6.07, 6.45) is 10.1. The van der Waals surface area contributed by atoms with Gasteiger partial charge in [-0.1, -0.05) is 45.4 Å². The van der Waals surface area contributed by atoms with Crippen LogP contribution in [0.3, 0.4) is 0 Å². The SMILES string of the molecule is CCCCCCCCCC1=NC(C)(CO)CO1. The van der Waals surface area contributed by atoms with Gasteiger partial charge in [0.25, 0.3) is 0 Å². The molecule has 0 spiro atoms. The van der Waals surface area contributed by atoms with E-state index in [0.29, 0.717) is 6.61 Å². The fraction of sp³-hybridized carbons (Fsp3) is 0.929. The Morgan fingerprint density at radius 3 is 2.41 bits per heavy atom. The molecule has 3 nitrogen and oxygen atoms in total. The van der Waals surface area contributed by atoms with Gasteiger partial charge in [0, 0.05) is 6.42 Å². The summed E-state index contributed by atoms with van der Waals surface area (Å²) >= 11 is 0. The van der Waals surface area contributed by atoms with Crippen molar-refractivity contribution in [2.24, 2.45) is 4.99 Å². The number of hydrogen-bond acceptors (Lipinski definition) is 3. The van der Waals surface area contributed by atoms with Crippen LogP contribution in [0.5, 0.6) is 0 Å². The van der Waals surface area contributed by atoms with E-state index < -0.39 is 0 Å². The summed E-state index contributed by atoms with van der Waals surface area (Å²) in [4.78, 5) is 4.43. The van der Waals surface area contributed by atoms with E-state index in [1.54, 1.807) is 0 Å². The van der Waals surface area contributed by atoms with Gasteiger partial charge in [-0.3, -0.25) is 0 Å². The van der Waals surface area contributed by atoms with Crippen LogP contribution in [0, 0.1) is 0 Å². The zero-order valence-corrected chi connectivity index (χ0v) is 11.4. The second kappa shape index (κ2) is 7.70. The molecule has 0 saturated heterocycles. The zero-order valence-electron chi connectivity index (χ0n) is 11.4. The molecule has 0 aromatic heterocycles. The van der Waals surface area contributed by atoms with E-state index in [-0.39, 0.29) is 12.1 Å². The van der Waals surface area contributed by atoms with Crippen LogP contribution < -0.4 is 0 Å². The van der Waals surface area contributed by atoms with Gasteiger partial charge in [0.15, 0.2) is 5.90 Å². The Labute approximate surface area is 105 Å². The molecule has 17 heavy (non-hydrogen) atoms. The zero-order chi connectivity index (χ0) is 12.6. The van der Waals surface area contributed by atoms with Crippen LogP contribution in [-0.4, -0.2) is 29.8 Å². The molecule has 0 aliphatic carbocycles. The van der Waals surface area contributed by atoms with Gasteiger partial charge in [-0.15, -0.1) is 0 Å². The molecule has 1 heterocycles. The van der Waals surface area contributed by atoms with Gasteiger partial charge < -0.3 is 9.84 Å². The first-order valence-corrected chi connectivity index (χ1v) is 7.02. The standard InChI is InChI=1S/C14H27NO2/c1-3-4-5-6-7-8-9-10-13-15-14(2,11-16)12-17-13/h16H,3-12H2,1-2H3. The molecule has 0 aromatic carbocycles. The number of aliphatic imine (C=N–C) groups is 1. The Morgan fingerprint density at radius 2 is 1.82 bits per heavy atom. The van der Waals surface area contributed by atoms with Gasteiger partial charge in [0.1, 0.15) is 12.1 Å². The van der Waals surface area contributed by atoms with Crippen LogP contribution in [0.25, 0.3) is 0 Å². The summed E-state index contributed by atoms with van der Waals surface area (Å²) in [5, 5.41) is 9.15. The quantitative estimate of drug-likeness (QED) is 0.629. The van der Waals surface area contributed by atoms with Crippen molar-refractivity contribution in [2.45, 2.75) is 70.8 Å². The number of unbranched alkanes of at least 4 members (excludes halogenated alkanes) is 6. The molecule has 0 aromatic rings. The third-order valence-corrected chi connectivity index (χ3v) is 3.28. The van der Waals surface area contributed by atoms with E-state index in [1.165, 1.54) is 38.5 Å². The molecular formula is C14H27NO2. The van der Waals surface area contributed by atoms with E-state index in [9.17, 15) is 0 Å². The second-order valence-electron chi connectivity index (χ2n) is 5.32. The molecule has 0 radical (unpaired) electrons. The Morgan fingerprint density at radius 1 is 1.18 bits per heavy atom. The highest BCUT2D eigenvalue weighted by Crippen LogP contribution is 2.20. The van der Waals surface area contributed by atoms with Crippen molar-refractivity contribution >= 4 is 5.90 Å². The number of hydrogen-bond donors (Lipinski definition) is 1. The van der Waals surface area contributed by atoms with Crippen molar-refractivity contribution in [3.05, 3.63) is 0 Å². The maximum Gasteiger partial charge on any atom is 0.184 e. The maximum atomic E-state index is 9.15. The Balaban J connectivity index is 2.02. The number of aliphatic hydroxyl groups is 1. The Hall–Kier alpha value is -0.570. The molecule has 100 valence electrons. The topological polar surface area (TPSA) is 41.8 Å². The summed E-state index contributed by atoms with van der Waals surface area (Å²) < 4.78 is 5.49. The average Bonchev–Trinajstić information content (AvgIpc) is 2.71. The highest BCUT2D eigenvalue weighted by Gasteiger charge is 2.30. The minimum absolute atomic E-state index is 0.0769. The summed E-state index contributed by atoms with van der Waals surface area (Å²) in [7, 11) is 0. The van der Waals surface area contributed by atoms with Crippen molar-refractivity contribution < 1.29 is 9.84 Å². The first-order chi connectivity index (χ1) is 8.20. The van der Waals surface area contributed by atoms with Crippen LogP contribution >= 0.6 is 0 Å². The average molecular weight is 241 g/mol. The lowest BCUT2D eigenvalue weighted by molar-refractivity contribution is 0.169. The van der Waals surface area contributed by atoms with Gasteiger partial charge in [-0.05, 0) is 13.3 Å². The molecular weight excluding hydrogens is 214 g/mol. The fourth-order valence-corrected chi connectivity index (χ4v) is 2.05. The lowest BCUT2D eigenvalue weighted by Gasteiger charge is -2.12. The molecule has 0 bridgehead atoms. The molecule has 1 unspecified atom stereocenters.